The number of carboxylic acid groups (broad SMARTS) is 1. The molecule has 0 radical (unpaired) electrons. The van der Waals surface area contributed by atoms with Crippen molar-refractivity contribution in [1.82, 2.24) is 0 Å². The Bertz CT molecular complexity index is 385. The van der Waals surface area contributed by atoms with Crippen LogP contribution < -0.4 is 4.74 Å². The number of hydrogen-bond donors (Lipinski definition) is 2. The van der Waals surface area contributed by atoms with E-state index in [0.717, 1.165) is 11.1 Å². The quantitative estimate of drug-likeness (QED) is 0.795. The predicted molar refractivity (Wildman–Crippen MR) is 59.6 cm³/mol. The van der Waals surface area contributed by atoms with Gasteiger partial charge in [0.15, 0.2) is 0 Å². The van der Waals surface area contributed by atoms with Crippen LogP contribution in [0.4, 0.5) is 0 Å². The van der Waals surface area contributed by atoms with Crippen molar-refractivity contribution in [3.05, 3.63) is 28.8 Å². The minimum Gasteiger partial charge on any atom is -0.496 e. The van der Waals surface area contributed by atoms with Crippen LogP contribution in [-0.4, -0.2) is 23.3 Å². The molecule has 0 aliphatic heterocycles. The van der Waals surface area contributed by atoms with Gasteiger partial charge in [-0.05, 0) is 24.5 Å². The van der Waals surface area contributed by atoms with Crippen molar-refractivity contribution in [2.24, 2.45) is 0 Å². The topological polar surface area (TPSA) is 66.8 Å². The standard InChI is InChI=1S/C12H16O4/c1-8-3-4-9(5-6-11(14)15)10(7-13)12(8)16-2/h3-4,13H,5-7H2,1-2H3,(H,14,15). The molecule has 0 atom stereocenters. The van der Waals surface area contributed by atoms with Gasteiger partial charge in [0.2, 0.25) is 0 Å². The molecule has 2 N–H and O–H groups in total. The van der Waals surface area contributed by atoms with Gasteiger partial charge in [0.1, 0.15) is 5.75 Å². The number of carbonyl (C=O) groups is 1. The molecule has 0 saturated heterocycles. The SMILES string of the molecule is COc1c(C)ccc(CCC(=O)O)c1CO. The third-order valence-corrected chi connectivity index (χ3v) is 2.52. The van der Waals surface area contributed by atoms with Crippen LogP contribution >= 0.6 is 0 Å². The molecule has 4 heteroatoms. The van der Waals surface area contributed by atoms with Crippen molar-refractivity contribution in [3.63, 3.8) is 0 Å². The fraction of sp³-hybridized carbons (Fsp3) is 0.417. The highest BCUT2D eigenvalue weighted by molar-refractivity contribution is 5.67. The van der Waals surface area contributed by atoms with Crippen LogP contribution in [0.25, 0.3) is 0 Å². The summed E-state index contributed by atoms with van der Waals surface area (Å²) in [6.07, 6.45) is 0.459. The van der Waals surface area contributed by atoms with Crippen LogP contribution in [0.15, 0.2) is 12.1 Å². The maximum absolute atomic E-state index is 10.5. The van der Waals surface area contributed by atoms with Crippen molar-refractivity contribution < 1.29 is 19.7 Å². The van der Waals surface area contributed by atoms with Crippen molar-refractivity contribution in [2.45, 2.75) is 26.4 Å². The zero-order valence-corrected chi connectivity index (χ0v) is 9.49. The first-order chi connectivity index (χ1) is 7.60. The summed E-state index contributed by atoms with van der Waals surface area (Å²) in [7, 11) is 1.54. The Hall–Kier alpha value is -1.55. The summed E-state index contributed by atoms with van der Waals surface area (Å²) in [4.78, 5) is 10.5. The second-order valence-electron chi connectivity index (χ2n) is 3.61. The van der Waals surface area contributed by atoms with Gasteiger partial charge in [-0.1, -0.05) is 12.1 Å². The molecule has 4 nitrogen and oxygen atoms in total. The molecule has 0 bridgehead atoms. The molecule has 0 spiro atoms. The van der Waals surface area contributed by atoms with Gasteiger partial charge in [-0.15, -0.1) is 0 Å². The fourth-order valence-corrected chi connectivity index (χ4v) is 1.72. The van der Waals surface area contributed by atoms with Gasteiger partial charge in [0.05, 0.1) is 13.7 Å². The molecule has 0 aromatic heterocycles. The number of ether oxygens (including phenoxy) is 1. The molecular weight excluding hydrogens is 208 g/mol. The summed E-state index contributed by atoms with van der Waals surface area (Å²) in [6.45, 7) is 1.75. The van der Waals surface area contributed by atoms with Crippen molar-refractivity contribution in [2.75, 3.05) is 7.11 Å². The van der Waals surface area contributed by atoms with Gasteiger partial charge in [-0.2, -0.15) is 0 Å². The number of aliphatic carboxylic acids is 1. The van der Waals surface area contributed by atoms with Crippen LogP contribution in [0.2, 0.25) is 0 Å². The molecular formula is C12H16O4. The number of methoxy groups -OCH3 is 1. The summed E-state index contributed by atoms with van der Waals surface area (Å²) in [5, 5.41) is 17.9. The lowest BCUT2D eigenvalue weighted by molar-refractivity contribution is -0.136. The average molecular weight is 224 g/mol. The van der Waals surface area contributed by atoms with Crippen LogP contribution in [0, 0.1) is 6.92 Å². The van der Waals surface area contributed by atoms with Gasteiger partial charge < -0.3 is 14.9 Å². The van der Waals surface area contributed by atoms with Crippen LogP contribution in [0.1, 0.15) is 23.1 Å². The second kappa shape index (κ2) is 5.51. The highest BCUT2D eigenvalue weighted by Crippen LogP contribution is 2.27. The lowest BCUT2D eigenvalue weighted by Gasteiger charge is -2.14. The van der Waals surface area contributed by atoms with E-state index in [1.807, 2.05) is 19.1 Å². The summed E-state index contributed by atoms with van der Waals surface area (Å²) in [5.74, 6) is -0.200. The van der Waals surface area contributed by atoms with E-state index in [9.17, 15) is 9.90 Å². The Kier molecular flexibility index (Phi) is 4.31. The molecule has 1 aromatic carbocycles. The predicted octanol–water partition coefficient (Wildman–Crippen LogP) is 1.51. The van der Waals surface area contributed by atoms with Gasteiger partial charge in [0.25, 0.3) is 0 Å². The van der Waals surface area contributed by atoms with Gasteiger partial charge in [0, 0.05) is 12.0 Å². The maximum Gasteiger partial charge on any atom is 0.303 e. The Morgan fingerprint density at radius 3 is 2.62 bits per heavy atom. The third-order valence-electron chi connectivity index (χ3n) is 2.52. The number of aliphatic hydroxyl groups excluding tert-OH is 1. The zero-order chi connectivity index (χ0) is 12.1. The first-order valence-corrected chi connectivity index (χ1v) is 5.08. The monoisotopic (exact) mass is 224 g/mol. The summed E-state index contributed by atoms with van der Waals surface area (Å²) < 4.78 is 5.21. The smallest absolute Gasteiger partial charge is 0.303 e. The molecule has 0 unspecified atom stereocenters. The average Bonchev–Trinajstić information content (AvgIpc) is 2.26. The van der Waals surface area contributed by atoms with E-state index in [0.29, 0.717) is 17.7 Å². The number of aryl methyl sites for hydroxylation is 2. The van der Waals surface area contributed by atoms with E-state index in [1.165, 1.54) is 0 Å². The molecule has 0 amide bonds. The summed E-state index contributed by atoms with van der Waals surface area (Å²) in [6, 6.07) is 3.71. The van der Waals surface area contributed by atoms with E-state index < -0.39 is 5.97 Å². The van der Waals surface area contributed by atoms with E-state index in [4.69, 9.17) is 9.84 Å². The highest BCUT2D eigenvalue weighted by atomic mass is 16.5. The van der Waals surface area contributed by atoms with Gasteiger partial charge >= 0.3 is 5.97 Å². The molecule has 0 heterocycles. The zero-order valence-electron chi connectivity index (χ0n) is 9.49. The Labute approximate surface area is 94.5 Å². The number of carboxylic acids is 1. The Morgan fingerprint density at radius 2 is 2.12 bits per heavy atom. The second-order valence-corrected chi connectivity index (χ2v) is 3.61. The van der Waals surface area contributed by atoms with E-state index in [2.05, 4.69) is 0 Å². The lowest BCUT2D eigenvalue weighted by Crippen LogP contribution is -2.03. The minimum atomic E-state index is -0.844. The fourth-order valence-electron chi connectivity index (χ4n) is 1.72. The molecule has 88 valence electrons. The van der Waals surface area contributed by atoms with E-state index in [-0.39, 0.29) is 13.0 Å². The molecule has 0 saturated carbocycles. The van der Waals surface area contributed by atoms with Crippen LogP contribution in [0.3, 0.4) is 0 Å². The van der Waals surface area contributed by atoms with Crippen molar-refractivity contribution >= 4 is 5.97 Å². The van der Waals surface area contributed by atoms with E-state index in [1.54, 1.807) is 7.11 Å². The normalized spacial score (nSPS) is 10.2. The number of aliphatic hydroxyl groups is 1. The minimum absolute atomic E-state index is 0.0548. The highest BCUT2D eigenvalue weighted by Gasteiger charge is 2.11. The molecule has 16 heavy (non-hydrogen) atoms. The van der Waals surface area contributed by atoms with Gasteiger partial charge in [-0.3, -0.25) is 4.79 Å². The molecule has 0 aliphatic rings. The van der Waals surface area contributed by atoms with E-state index >= 15 is 0 Å². The number of benzene rings is 1. The van der Waals surface area contributed by atoms with Crippen molar-refractivity contribution in [1.29, 1.82) is 0 Å². The Morgan fingerprint density at radius 1 is 1.44 bits per heavy atom. The molecule has 1 aromatic rings. The number of hydrogen-bond acceptors (Lipinski definition) is 3. The largest absolute Gasteiger partial charge is 0.496 e. The third kappa shape index (κ3) is 2.73. The van der Waals surface area contributed by atoms with Crippen LogP contribution in [0.5, 0.6) is 5.75 Å². The summed E-state index contributed by atoms with van der Waals surface area (Å²) >= 11 is 0. The first kappa shape index (κ1) is 12.5. The van der Waals surface area contributed by atoms with Crippen molar-refractivity contribution in [3.8, 4) is 5.75 Å². The molecule has 0 fully saturated rings. The molecule has 1 rings (SSSR count). The van der Waals surface area contributed by atoms with Gasteiger partial charge in [-0.25, -0.2) is 0 Å². The summed E-state index contributed by atoms with van der Waals surface area (Å²) in [5.41, 5.74) is 2.45. The van der Waals surface area contributed by atoms with Crippen LogP contribution in [-0.2, 0) is 17.8 Å². The maximum atomic E-state index is 10.5. The number of rotatable bonds is 5. The molecule has 0 aliphatic carbocycles. The first-order valence-electron chi connectivity index (χ1n) is 5.08. The Balaban J connectivity index is 3.04. The lowest BCUT2D eigenvalue weighted by atomic mass is 9.99.